The van der Waals surface area contributed by atoms with Crippen LogP contribution in [0.15, 0.2) is 47.4 Å². The first kappa shape index (κ1) is 21.4. The molecule has 6 nitrogen and oxygen atoms in total. The molecule has 1 aliphatic heterocycles. The Morgan fingerprint density at radius 1 is 1.07 bits per heavy atom. The number of nitrogens with zero attached hydrogens (tertiary/aromatic N) is 2. The summed E-state index contributed by atoms with van der Waals surface area (Å²) in [4.78, 5) is 3.09. The number of methoxy groups -OCH3 is 1. The number of hydrogen-bond donors (Lipinski definition) is 1. The van der Waals surface area contributed by atoms with Gasteiger partial charge in [0.05, 0.1) is 17.6 Å². The van der Waals surface area contributed by atoms with E-state index in [0.717, 1.165) is 23.4 Å². The summed E-state index contributed by atoms with van der Waals surface area (Å²) in [6.07, 6.45) is -4.82. The third kappa shape index (κ3) is 5.01. The minimum atomic E-state index is -4.82. The van der Waals surface area contributed by atoms with Crippen molar-refractivity contribution in [3.05, 3.63) is 53.6 Å². The van der Waals surface area contributed by atoms with E-state index in [2.05, 4.69) is 4.90 Å². The molecule has 2 N–H and O–H groups in total. The van der Waals surface area contributed by atoms with Gasteiger partial charge >= 0.3 is 6.18 Å². The first-order valence-electron chi connectivity index (χ1n) is 8.93. The zero-order valence-corrected chi connectivity index (χ0v) is 16.6. The van der Waals surface area contributed by atoms with Gasteiger partial charge in [0, 0.05) is 44.0 Å². The topological polar surface area (TPSA) is 75.9 Å². The molecular formula is C19H22F3N3O3S. The van der Waals surface area contributed by atoms with E-state index in [-0.39, 0.29) is 0 Å². The van der Waals surface area contributed by atoms with Crippen molar-refractivity contribution in [2.24, 2.45) is 5.14 Å². The van der Waals surface area contributed by atoms with E-state index in [0.29, 0.717) is 38.4 Å². The SMILES string of the molecule is COc1ccccc1CN1CCN(c2ccc(S(N)(=O)=O)c(C(F)(F)F)c2)CC1. The van der Waals surface area contributed by atoms with Gasteiger partial charge in [-0.25, -0.2) is 13.6 Å². The maximum Gasteiger partial charge on any atom is 0.417 e. The molecule has 2 aromatic carbocycles. The van der Waals surface area contributed by atoms with Crippen LogP contribution in [0.3, 0.4) is 0 Å². The summed E-state index contributed by atoms with van der Waals surface area (Å²) in [5, 5.41) is 4.94. The van der Waals surface area contributed by atoms with Crippen LogP contribution >= 0.6 is 0 Å². The third-order valence-electron chi connectivity index (χ3n) is 4.90. The van der Waals surface area contributed by atoms with E-state index in [1.165, 1.54) is 6.07 Å². The summed E-state index contributed by atoms with van der Waals surface area (Å²) >= 11 is 0. The molecule has 1 saturated heterocycles. The molecule has 1 aliphatic rings. The van der Waals surface area contributed by atoms with E-state index < -0.39 is 26.7 Å². The molecule has 0 aliphatic carbocycles. The first-order valence-corrected chi connectivity index (χ1v) is 10.5. The van der Waals surface area contributed by atoms with Crippen LogP contribution in [0.2, 0.25) is 0 Å². The summed E-state index contributed by atoms with van der Waals surface area (Å²) in [6.45, 7) is 3.00. The second-order valence-electron chi connectivity index (χ2n) is 6.80. The van der Waals surface area contributed by atoms with Crippen LogP contribution in [-0.4, -0.2) is 46.6 Å². The zero-order chi connectivity index (χ0) is 21.2. The van der Waals surface area contributed by atoms with Crippen LogP contribution in [0.5, 0.6) is 5.75 Å². The molecule has 0 amide bonds. The van der Waals surface area contributed by atoms with Gasteiger partial charge in [0.1, 0.15) is 5.75 Å². The standard InChI is InChI=1S/C19H22F3N3O3S/c1-28-17-5-3-2-4-14(17)13-24-8-10-25(11-9-24)15-6-7-18(29(23,26)27)16(12-15)19(20,21)22/h2-7,12H,8-11,13H2,1H3,(H2,23,26,27). The number of para-hydroxylation sites is 1. The van der Waals surface area contributed by atoms with Gasteiger partial charge in [-0.2, -0.15) is 13.2 Å². The van der Waals surface area contributed by atoms with Crippen molar-refractivity contribution in [3.63, 3.8) is 0 Å². The molecule has 0 bridgehead atoms. The molecule has 1 fully saturated rings. The second kappa shape index (κ2) is 8.21. The molecule has 10 heteroatoms. The highest BCUT2D eigenvalue weighted by Gasteiger charge is 2.37. The molecule has 0 atom stereocenters. The fraction of sp³-hybridized carbons (Fsp3) is 0.368. The van der Waals surface area contributed by atoms with Gasteiger partial charge in [0.2, 0.25) is 10.0 Å². The minimum absolute atomic E-state index is 0.321. The number of sulfonamides is 1. The Labute approximate surface area is 167 Å². The van der Waals surface area contributed by atoms with Gasteiger partial charge in [-0.1, -0.05) is 18.2 Å². The number of piperazine rings is 1. The smallest absolute Gasteiger partial charge is 0.417 e. The summed E-state index contributed by atoms with van der Waals surface area (Å²) < 4.78 is 68.4. The van der Waals surface area contributed by atoms with E-state index in [4.69, 9.17) is 9.88 Å². The van der Waals surface area contributed by atoms with E-state index in [1.807, 2.05) is 24.3 Å². The maximum absolute atomic E-state index is 13.3. The normalized spacial score (nSPS) is 16.1. The Morgan fingerprint density at radius 2 is 1.72 bits per heavy atom. The highest BCUT2D eigenvalue weighted by atomic mass is 32.2. The van der Waals surface area contributed by atoms with Gasteiger partial charge < -0.3 is 9.64 Å². The van der Waals surface area contributed by atoms with Crippen LogP contribution in [0.1, 0.15) is 11.1 Å². The van der Waals surface area contributed by atoms with E-state index in [1.54, 1.807) is 12.0 Å². The number of rotatable bonds is 5. The van der Waals surface area contributed by atoms with Crippen LogP contribution in [0.25, 0.3) is 0 Å². The number of halogens is 3. The van der Waals surface area contributed by atoms with E-state index in [9.17, 15) is 21.6 Å². The van der Waals surface area contributed by atoms with Gasteiger partial charge in [0.15, 0.2) is 0 Å². The van der Waals surface area contributed by atoms with Crippen molar-refractivity contribution in [1.29, 1.82) is 0 Å². The molecule has 158 valence electrons. The van der Waals surface area contributed by atoms with Crippen molar-refractivity contribution < 1.29 is 26.3 Å². The molecule has 3 rings (SSSR count). The quantitative estimate of drug-likeness (QED) is 0.791. The molecule has 0 unspecified atom stereocenters. The molecule has 29 heavy (non-hydrogen) atoms. The summed E-state index contributed by atoms with van der Waals surface area (Å²) in [6, 6.07) is 10.8. The van der Waals surface area contributed by atoms with Crippen LogP contribution in [0, 0.1) is 0 Å². The molecule has 0 aromatic heterocycles. The number of nitrogens with two attached hydrogens (primary N) is 1. The average molecular weight is 429 g/mol. The van der Waals surface area contributed by atoms with E-state index >= 15 is 0 Å². The predicted molar refractivity (Wildman–Crippen MR) is 103 cm³/mol. The predicted octanol–water partition coefficient (Wildman–Crippen LogP) is 2.68. The van der Waals surface area contributed by atoms with Crippen molar-refractivity contribution >= 4 is 15.7 Å². The van der Waals surface area contributed by atoms with Crippen molar-refractivity contribution in [2.45, 2.75) is 17.6 Å². The lowest BCUT2D eigenvalue weighted by Crippen LogP contribution is -2.46. The maximum atomic E-state index is 13.3. The van der Waals surface area contributed by atoms with Gasteiger partial charge in [-0.3, -0.25) is 4.90 Å². The number of alkyl halides is 3. The van der Waals surface area contributed by atoms with Crippen LogP contribution in [-0.2, 0) is 22.7 Å². The molecule has 1 heterocycles. The van der Waals surface area contributed by atoms with Gasteiger partial charge in [-0.15, -0.1) is 0 Å². The number of anilines is 1. The largest absolute Gasteiger partial charge is 0.496 e. The highest BCUT2D eigenvalue weighted by molar-refractivity contribution is 7.89. The summed E-state index contributed by atoms with van der Waals surface area (Å²) in [7, 11) is -2.86. The molecule has 0 saturated carbocycles. The third-order valence-corrected chi connectivity index (χ3v) is 5.87. The Hall–Kier alpha value is -2.30. The monoisotopic (exact) mass is 429 g/mol. The summed E-state index contributed by atoms with van der Waals surface area (Å²) in [5.41, 5.74) is 0.121. The molecule has 2 aromatic rings. The van der Waals surface area contributed by atoms with Gasteiger partial charge in [0.25, 0.3) is 0 Å². The Balaban J connectivity index is 1.74. The number of hydrogen-bond acceptors (Lipinski definition) is 5. The fourth-order valence-corrected chi connectivity index (χ4v) is 4.16. The first-order chi connectivity index (χ1) is 13.6. The minimum Gasteiger partial charge on any atom is -0.496 e. The lowest BCUT2D eigenvalue weighted by molar-refractivity contribution is -0.139. The Bertz CT molecular complexity index is 972. The number of ether oxygens (including phenoxy) is 1. The van der Waals surface area contributed by atoms with Gasteiger partial charge in [-0.05, 0) is 24.3 Å². The Morgan fingerprint density at radius 3 is 2.31 bits per heavy atom. The fourth-order valence-electron chi connectivity index (χ4n) is 3.42. The number of benzene rings is 2. The summed E-state index contributed by atoms with van der Waals surface area (Å²) in [5.74, 6) is 0.795. The molecule has 0 radical (unpaired) electrons. The lowest BCUT2D eigenvalue weighted by Gasteiger charge is -2.36. The van der Waals surface area contributed by atoms with Crippen molar-refractivity contribution in [2.75, 3.05) is 38.2 Å². The van der Waals surface area contributed by atoms with Crippen LogP contribution < -0.4 is 14.8 Å². The average Bonchev–Trinajstić information content (AvgIpc) is 2.67. The van der Waals surface area contributed by atoms with Crippen molar-refractivity contribution in [1.82, 2.24) is 4.90 Å². The lowest BCUT2D eigenvalue weighted by atomic mass is 10.1. The Kier molecular flexibility index (Phi) is 6.06. The van der Waals surface area contributed by atoms with Crippen LogP contribution in [0.4, 0.5) is 18.9 Å². The molecule has 0 spiro atoms. The second-order valence-corrected chi connectivity index (χ2v) is 8.33. The number of primary sulfonamides is 1. The van der Waals surface area contributed by atoms with Crippen molar-refractivity contribution in [3.8, 4) is 5.75 Å². The zero-order valence-electron chi connectivity index (χ0n) is 15.8. The molecular weight excluding hydrogens is 407 g/mol. The highest BCUT2D eigenvalue weighted by Crippen LogP contribution is 2.36.